The van der Waals surface area contributed by atoms with Crippen LogP contribution < -0.4 is 4.90 Å². The zero-order chi connectivity index (χ0) is 17.4. The van der Waals surface area contributed by atoms with Crippen molar-refractivity contribution in [2.75, 3.05) is 31.1 Å². The predicted octanol–water partition coefficient (Wildman–Crippen LogP) is 2.87. The average molecular weight is 339 g/mol. The highest BCUT2D eigenvalue weighted by Crippen LogP contribution is 2.29. The summed E-state index contributed by atoms with van der Waals surface area (Å²) in [6.45, 7) is 7.62. The van der Waals surface area contributed by atoms with Crippen LogP contribution in [-0.4, -0.2) is 51.9 Å². The van der Waals surface area contributed by atoms with Gasteiger partial charge in [-0.05, 0) is 57.6 Å². The summed E-state index contributed by atoms with van der Waals surface area (Å²) in [4.78, 5) is 31.0. The Morgan fingerprint density at radius 1 is 0.920 bits per heavy atom. The Hall–Kier alpha value is -2.24. The van der Waals surface area contributed by atoms with Crippen LogP contribution in [0.1, 0.15) is 54.0 Å². The summed E-state index contributed by atoms with van der Waals surface area (Å²) < 4.78 is 0. The lowest BCUT2D eigenvalue weighted by Crippen LogP contribution is -2.37. The molecule has 0 saturated carbocycles. The molecule has 0 aromatic carbocycles. The van der Waals surface area contributed by atoms with Crippen molar-refractivity contribution >= 4 is 22.8 Å². The maximum atomic E-state index is 12.9. The smallest absolute Gasteiger partial charge is 0.291 e. The highest BCUT2D eigenvalue weighted by Gasteiger charge is 2.25. The molecular weight excluding hydrogens is 314 g/mol. The molecule has 4 heterocycles. The second kappa shape index (κ2) is 6.58. The number of rotatable bonds is 2. The molecule has 0 radical (unpaired) electrons. The van der Waals surface area contributed by atoms with E-state index in [-0.39, 0.29) is 5.91 Å². The van der Waals surface area contributed by atoms with E-state index in [0.717, 1.165) is 61.5 Å². The topological polar surface area (TPSA) is 62.2 Å². The lowest BCUT2D eigenvalue weighted by Gasteiger charge is -2.26. The van der Waals surface area contributed by atoms with Crippen molar-refractivity contribution in [2.45, 2.75) is 46.0 Å². The van der Waals surface area contributed by atoms with Crippen LogP contribution >= 0.6 is 0 Å². The number of hydrogen-bond donors (Lipinski definition) is 0. The van der Waals surface area contributed by atoms with Crippen LogP contribution in [0.15, 0.2) is 6.07 Å². The van der Waals surface area contributed by atoms with E-state index in [0.29, 0.717) is 11.5 Å². The molecule has 0 bridgehead atoms. The number of aromatic nitrogens is 3. The SMILES string of the molecule is Cc1cc(C)c2c(N3CCCC3)nc(C(=O)N3CCCCC3)nc2n1. The zero-order valence-electron chi connectivity index (χ0n) is 15.1. The Bertz CT molecular complexity index is 807. The third-order valence-corrected chi connectivity index (χ3v) is 5.21. The molecule has 2 saturated heterocycles. The molecule has 2 fully saturated rings. The monoisotopic (exact) mass is 339 g/mol. The minimum Gasteiger partial charge on any atom is -0.356 e. The van der Waals surface area contributed by atoms with Gasteiger partial charge < -0.3 is 9.80 Å². The average Bonchev–Trinajstić information content (AvgIpc) is 3.15. The second-order valence-corrected chi connectivity index (χ2v) is 7.20. The molecule has 2 aromatic heterocycles. The number of piperidine rings is 1. The molecule has 2 aliphatic rings. The molecular formula is C19H25N5O. The van der Waals surface area contributed by atoms with E-state index in [1.54, 1.807) is 0 Å². The number of fused-ring (bicyclic) bond motifs is 1. The molecule has 0 atom stereocenters. The summed E-state index contributed by atoms with van der Waals surface area (Å²) >= 11 is 0. The Morgan fingerprint density at radius 2 is 1.60 bits per heavy atom. The van der Waals surface area contributed by atoms with Gasteiger partial charge in [-0.1, -0.05) is 0 Å². The lowest BCUT2D eigenvalue weighted by atomic mass is 10.1. The van der Waals surface area contributed by atoms with Crippen molar-refractivity contribution < 1.29 is 4.79 Å². The van der Waals surface area contributed by atoms with Gasteiger partial charge in [0, 0.05) is 31.9 Å². The third-order valence-electron chi connectivity index (χ3n) is 5.21. The van der Waals surface area contributed by atoms with E-state index in [2.05, 4.69) is 27.9 Å². The molecule has 1 amide bonds. The Labute approximate surface area is 148 Å². The Balaban J connectivity index is 1.83. The van der Waals surface area contributed by atoms with Gasteiger partial charge in [0.15, 0.2) is 5.65 Å². The molecule has 6 nitrogen and oxygen atoms in total. The van der Waals surface area contributed by atoms with Gasteiger partial charge in [-0.3, -0.25) is 4.79 Å². The minimum absolute atomic E-state index is 0.0528. The fourth-order valence-electron chi connectivity index (χ4n) is 3.95. The van der Waals surface area contributed by atoms with Gasteiger partial charge in [0.2, 0.25) is 5.82 Å². The molecule has 25 heavy (non-hydrogen) atoms. The van der Waals surface area contributed by atoms with Crippen LogP contribution in [0.3, 0.4) is 0 Å². The zero-order valence-corrected chi connectivity index (χ0v) is 15.1. The lowest BCUT2D eigenvalue weighted by molar-refractivity contribution is 0.0712. The van der Waals surface area contributed by atoms with Crippen molar-refractivity contribution in [3.63, 3.8) is 0 Å². The summed E-state index contributed by atoms with van der Waals surface area (Å²) in [5.74, 6) is 1.13. The van der Waals surface area contributed by atoms with Gasteiger partial charge in [-0.2, -0.15) is 0 Å². The minimum atomic E-state index is -0.0528. The summed E-state index contributed by atoms with van der Waals surface area (Å²) in [5.41, 5.74) is 2.70. The summed E-state index contributed by atoms with van der Waals surface area (Å²) in [7, 11) is 0. The van der Waals surface area contributed by atoms with Gasteiger partial charge in [0.05, 0.1) is 5.39 Å². The highest BCUT2D eigenvalue weighted by atomic mass is 16.2. The maximum absolute atomic E-state index is 12.9. The van der Waals surface area contributed by atoms with Crippen molar-refractivity contribution in [1.82, 2.24) is 19.9 Å². The quantitative estimate of drug-likeness (QED) is 0.842. The number of carbonyl (C=O) groups excluding carboxylic acids is 1. The molecule has 132 valence electrons. The van der Waals surface area contributed by atoms with Gasteiger partial charge in [-0.25, -0.2) is 15.0 Å². The van der Waals surface area contributed by atoms with E-state index >= 15 is 0 Å². The van der Waals surface area contributed by atoms with Gasteiger partial charge in [0.25, 0.3) is 5.91 Å². The second-order valence-electron chi connectivity index (χ2n) is 7.20. The number of likely N-dealkylation sites (tertiary alicyclic amines) is 1. The molecule has 0 N–H and O–H groups in total. The Morgan fingerprint density at radius 3 is 2.32 bits per heavy atom. The number of pyridine rings is 1. The van der Waals surface area contributed by atoms with Crippen LogP contribution in [0, 0.1) is 13.8 Å². The first-order valence-corrected chi connectivity index (χ1v) is 9.34. The van der Waals surface area contributed by atoms with E-state index in [1.165, 1.54) is 19.3 Å². The fourth-order valence-corrected chi connectivity index (χ4v) is 3.95. The molecule has 4 rings (SSSR count). The standard InChI is InChI=1S/C19H25N5O/c1-13-12-14(2)20-16-15(13)18(23-8-6-7-9-23)22-17(21-16)19(25)24-10-4-3-5-11-24/h12H,3-11H2,1-2H3. The molecule has 0 spiro atoms. The summed E-state index contributed by atoms with van der Waals surface area (Å²) in [5, 5.41) is 0.989. The molecule has 0 unspecified atom stereocenters. The van der Waals surface area contributed by atoms with Gasteiger partial charge in [-0.15, -0.1) is 0 Å². The van der Waals surface area contributed by atoms with Crippen LogP contribution in [0.25, 0.3) is 11.0 Å². The number of carbonyl (C=O) groups is 1. The number of nitrogens with zero attached hydrogens (tertiary/aromatic N) is 5. The molecule has 6 heteroatoms. The first-order valence-electron chi connectivity index (χ1n) is 9.34. The maximum Gasteiger partial charge on any atom is 0.291 e. The van der Waals surface area contributed by atoms with E-state index in [4.69, 9.17) is 4.98 Å². The van der Waals surface area contributed by atoms with E-state index < -0.39 is 0 Å². The van der Waals surface area contributed by atoms with Crippen LogP contribution in [0.4, 0.5) is 5.82 Å². The predicted molar refractivity (Wildman–Crippen MR) is 98.0 cm³/mol. The number of aryl methyl sites for hydroxylation is 2. The number of anilines is 1. The fraction of sp³-hybridized carbons (Fsp3) is 0.579. The highest BCUT2D eigenvalue weighted by molar-refractivity contribution is 5.97. The van der Waals surface area contributed by atoms with Gasteiger partial charge >= 0.3 is 0 Å². The molecule has 0 aliphatic carbocycles. The first kappa shape index (κ1) is 16.2. The number of amides is 1. The normalized spacial score (nSPS) is 18.2. The van der Waals surface area contributed by atoms with Crippen molar-refractivity contribution in [1.29, 1.82) is 0 Å². The summed E-state index contributed by atoms with van der Waals surface area (Å²) in [6.07, 6.45) is 5.66. The number of hydrogen-bond acceptors (Lipinski definition) is 5. The van der Waals surface area contributed by atoms with E-state index in [9.17, 15) is 4.79 Å². The Kier molecular flexibility index (Phi) is 4.27. The van der Waals surface area contributed by atoms with Crippen molar-refractivity contribution in [3.8, 4) is 0 Å². The first-order chi connectivity index (χ1) is 12.1. The third kappa shape index (κ3) is 3.05. The van der Waals surface area contributed by atoms with Crippen LogP contribution in [0.2, 0.25) is 0 Å². The van der Waals surface area contributed by atoms with Crippen LogP contribution in [-0.2, 0) is 0 Å². The largest absolute Gasteiger partial charge is 0.356 e. The summed E-state index contributed by atoms with van der Waals surface area (Å²) in [6, 6.07) is 2.07. The van der Waals surface area contributed by atoms with Gasteiger partial charge in [0.1, 0.15) is 5.82 Å². The van der Waals surface area contributed by atoms with E-state index in [1.807, 2.05) is 11.8 Å². The van der Waals surface area contributed by atoms with Crippen molar-refractivity contribution in [3.05, 3.63) is 23.1 Å². The van der Waals surface area contributed by atoms with Crippen LogP contribution in [0.5, 0.6) is 0 Å². The molecule has 2 aromatic rings. The molecule has 2 aliphatic heterocycles. The van der Waals surface area contributed by atoms with Crippen molar-refractivity contribution in [2.24, 2.45) is 0 Å².